The second-order valence-electron chi connectivity index (χ2n) is 7.13. The number of anilines is 1. The van der Waals surface area contributed by atoms with Crippen LogP contribution < -0.4 is 16.1 Å². The van der Waals surface area contributed by atoms with Crippen molar-refractivity contribution < 1.29 is 4.79 Å². The zero-order valence-corrected chi connectivity index (χ0v) is 17.3. The molecule has 0 fully saturated rings. The van der Waals surface area contributed by atoms with Crippen molar-refractivity contribution in [2.24, 2.45) is 14.1 Å². The first-order chi connectivity index (χ1) is 14.0. The van der Waals surface area contributed by atoms with Gasteiger partial charge in [0.25, 0.3) is 5.56 Å². The van der Waals surface area contributed by atoms with Crippen molar-refractivity contribution in [3.05, 3.63) is 51.4 Å². The third-order valence-corrected chi connectivity index (χ3v) is 6.40. The molecule has 1 amide bonds. The Morgan fingerprint density at radius 3 is 2.79 bits per heavy atom. The van der Waals surface area contributed by atoms with Gasteiger partial charge in [-0.15, -0.1) is 11.8 Å². The number of hydrogen-bond donors (Lipinski definition) is 0. The summed E-state index contributed by atoms with van der Waals surface area (Å²) in [5.41, 5.74) is 0.962. The Hall–Kier alpha value is -2.81. The van der Waals surface area contributed by atoms with E-state index in [0.717, 1.165) is 33.9 Å². The highest BCUT2D eigenvalue weighted by atomic mass is 32.2. The van der Waals surface area contributed by atoms with Gasteiger partial charge in [-0.1, -0.05) is 12.1 Å². The van der Waals surface area contributed by atoms with Gasteiger partial charge in [0.05, 0.1) is 12.0 Å². The number of thioether (sulfide) groups is 1. The number of benzene rings is 1. The molecule has 0 saturated heterocycles. The van der Waals surface area contributed by atoms with Crippen LogP contribution in [0.4, 0.5) is 5.69 Å². The first-order valence-corrected chi connectivity index (χ1v) is 10.6. The van der Waals surface area contributed by atoms with E-state index in [9.17, 15) is 14.4 Å². The van der Waals surface area contributed by atoms with Gasteiger partial charge in [0.15, 0.2) is 11.2 Å². The number of imidazole rings is 1. The van der Waals surface area contributed by atoms with Crippen molar-refractivity contribution in [3.63, 3.8) is 0 Å². The van der Waals surface area contributed by atoms with Crippen molar-refractivity contribution in [1.82, 2.24) is 18.7 Å². The summed E-state index contributed by atoms with van der Waals surface area (Å²) >= 11 is 1.79. The van der Waals surface area contributed by atoms with Crippen molar-refractivity contribution in [3.8, 4) is 0 Å². The van der Waals surface area contributed by atoms with Crippen LogP contribution in [0.3, 0.4) is 0 Å². The van der Waals surface area contributed by atoms with Crippen LogP contribution in [0.25, 0.3) is 11.2 Å². The summed E-state index contributed by atoms with van der Waals surface area (Å²) in [6, 6.07) is 8.02. The molecule has 0 N–H and O–H groups in total. The molecular weight excluding hydrogens is 390 g/mol. The highest BCUT2D eigenvalue weighted by Gasteiger charge is 2.21. The van der Waals surface area contributed by atoms with Crippen LogP contribution in [0.15, 0.2) is 45.1 Å². The molecule has 0 spiro atoms. The van der Waals surface area contributed by atoms with Crippen LogP contribution in [0.5, 0.6) is 0 Å². The number of carbonyl (C=O) groups is 1. The Balaban J connectivity index is 1.51. The van der Waals surface area contributed by atoms with Gasteiger partial charge >= 0.3 is 5.69 Å². The van der Waals surface area contributed by atoms with Crippen molar-refractivity contribution in [2.45, 2.75) is 30.7 Å². The largest absolute Gasteiger partial charge is 0.332 e. The minimum absolute atomic E-state index is 0.0877. The Morgan fingerprint density at radius 1 is 1.17 bits per heavy atom. The number of aryl methyl sites for hydroxylation is 2. The Bertz CT molecular complexity index is 1190. The molecule has 1 aromatic carbocycles. The van der Waals surface area contributed by atoms with Gasteiger partial charge in [-0.3, -0.25) is 18.7 Å². The number of para-hydroxylation sites is 1. The first-order valence-electron chi connectivity index (χ1n) is 9.62. The van der Waals surface area contributed by atoms with Crippen LogP contribution >= 0.6 is 11.8 Å². The van der Waals surface area contributed by atoms with E-state index in [1.807, 2.05) is 23.1 Å². The fourth-order valence-corrected chi connectivity index (χ4v) is 4.68. The molecule has 4 rings (SSSR count). The average molecular weight is 414 g/mol. The highest BCUT2D eigenvalue weighted by molar-refractivity contribution is 7.99. The molecule has 0 unspecified atom stereocenters. The summed E-state index contributed by atoms with van der Waals surface area (Å²) in [5, 5.41) is 0. The fourth-order valence-electron chi connectivity index (χ4n) is 3.69. The van der Waals surface area contributed by atoms with E-state index >= 15 is 0 Å². The SMILES string of the molecule is Cn1c(=O)c2c(ncn2CCCC(=O)N2CCCSc3ccccc32)n(C)c1=O. The van der Waals surface area contributed by atoms with E-state index in [0.29, 0.717) is 30.6 Å². The molecule has 0 saturated carbocycles. The summed E-state index contributed by atoms with van der Waals surface area (Å²) in [5.74, 6) is 1.09. The molecule has 0 bridgehead atoms. The number of carbonyl (C=O) groups excluding carboxylic acids is 1. The zero-order chi connectivity index (χ0) is 20.5. The van der Waals surface area contributed by atoms with Crippen LogP contribution in [-0.4, -0.2) is 36.9 Å². The molecule has 29 heavy (non-hydrogen) atoms. The van der Waals surface area contributed by atoms with Gasteiger partial charge in [-0.2, -0.15) is 0 Å². The van der Waals surface area contributed by atoms with Crippen molar-refractivity contribution in [2.75, 3.05) is 17.2 Å². The summed E-state index contributed by atoms with van der Waals surface area (Å²) in [4.78, 5) is 44.7. The molecule has 8 nitrogen and oxygen atoms in total. The molecule has 0 atom stereocenters. The van der Waals surface area contributed by atoms with Gasteiger partial charge < -0.3 is 9.47 Å². The minimum atomic E-state index is -0.402. The van der Waals surface area contributed by atoms with E-state index in [2.05, 4.69) is 11.1 Å². The second kappa shape index (κ2) is 7.90. The lowest BCUT2D eigenvalue weighted by atomic mass is 10.2. The summed E-state index contributed by atoms with van der Waals surface area (Å²) in [6.45, 7) is 1.21. The van der Waals surface area contributed by atoms with Crippen LogP contribution in [-0.2, 0) is 25.4 Å². The molecule has 9 heteroatoms. The summed E-state index contributed by atoms with van der Waals surface area (Å²) in [6.07, 6.45) is 3.49. The molecule has 0 radical (unpaired) electrons. The molecule has 1 aliphatic rings. The Morgan fingerprint density at radius 2 is 1.97 bits per heavy atom. The van der Waals surface area contributed by atoms with E-state index in [4.69, 9.17) is 0 Å². The molecule has 152 valence electrons. The van der Waals surface area contributed by atoms with E-state index in [1.165, 1.54) is 11.6 Å². The number of aromatic nitrogens is 4. The molecule has 2 aromatic heterocycles. The monoisotopic (exact) mass is 413 g/mol. The smallest absolute Gasteiger partial charge is 0.325 e. The lowest BCUT2D eigenvalue weighted by molar-refractivity contribution is -0.118. The maximum absolute atomic E-state index is 12.9. The van der Waals surface area contributed by atoms with Gasteiger partial charge in [-0.05, 0) is 30.7 Å². The van der Waals surface area contributed by atoms with E-state index < -0.39 is 5.69 Å². The van der Waals surface area contributed by atoms with Crippen LogP contribution in [0.2, 0.25) is 0 Å². The maximum atomic E-state index is 12.9. The standard InChI is InChI=1S/C20H23N5O3S/c1-22-18-17(19(27)23(2)20(22)28)24(13-21-18)10-5-9-16(26)25-11-6-12-29-15-8-4-3-7-14(15)25/h3-4,7-8,13H,5-6,9-12H2,1-2H3. The lowest BCUT2D eigenvalue weighted by Gasteiger charge is -2.22. The Labute approximate surface area is 171 Å². The minimum Gasteiger partial charge on any atom is -0.325 e. The molecule has 0 aliphatic carbocycles. The summed E-state index contributed by atoms with van der Waals surface area (Å²) < 4.78 is 4.18. The van der Waals surface area contributed by atoms with Crippen LogP contribution in [0, 0.1) is 0 Å². The van der Waals surface area contributed by atoms with E-state index in [-0.39, 0.29) is 11.5 Å². The normalized spacial score (nSPS) is 14.1. The topological polar surface area (TPSA) is 82.1 Å². The van der Waals surface area contributed by atoms with Gasteiger partial charge in [0.2, 0.25) is 5.91 Å². The average Bonchev–Trinajstić information content (AvgIpc) is 3.02. The molecule has 1 aliphatic heterocycles. The lowest BCUT2D eigenvalue weighted by Crippen LogP contribution is -2.37. The van der Waals surface area contributed by atoms with Crippen molar-refractivity contribution >= 4 is 34.5 Å². The number of amides is 1. The van der Waals surface area contributed by atoms with Gasteiger partial charge in [0, 0.05) is 38.5 Å². The molecule has 3 aromatic rings. The predicted molar refractivity (Wildman–Crippen MR) is 114 cm³/mol. The van der Waals surface area contributed by atoms with Gasteiger partial charge in [-0.25, -0.2) is 9.78 Å². The molecule has 3 heterocycles. The quantitative estimate of drug-likeness (QED) is 0.651. The predicted octanol–water partition coefficient (Wildman–Crippen LogP) is 1.74. The second-order valence-corrected chi connectivity index (χ2v) is 8.27. The number of nitrogens with zero attached hydrogens (tertiary/aromatic N) is 5. The third-order valence-electron chi connectivity index (χ3n) is 5.25. The van der Waals surface area contributed by atoms with Gasteiger partial charge in [0.1, 0.15) is 0 Å². The highest BCUT2D eigenvalue weighted by Crippen LogP contribution is 2.33. The summed E-state index contributed by atoms with van der Waals surface area (Å²) in [7, 11) is 3.06. The number of hydrogen-bond acceptors (Lipinski definition) is 5. The zero-order valence-electron chi connectivity index (χ0n) is 16.5. The maximum Gasteiger partial charge on any atom is 0.332 e. The van der Waals surface area contributed by atoms with Crippen molar-refractivity contribution in [1.29, 1.82) is 0 Å². The molecular formula is C20H23N5O3S. The first kappa shape index (κ1) is 19.5. The Kier molecular flexibility index (Phi) is 5.31. The number of rotatable bonds is 4. The van der Waals surface area contributed by atoms with E-state index in [1.54, 1.807) is 29.7 Å². The third kappa shape index (κ3) is 3.50. The number of fused-ring (bicyclic) bond motifs is 2. The van der Waals surface area contributed by atoms with Crippen LogP contribution in [0.1, 0.15) is 19.3 Å². The fraction of sp³-hybridized carbons (Fsp3) is 0.400.